The Kier molecular flexibility index (Phi) is 4.53. The van der Waals surface area contributed by atoms with Gasteiger partial charge in [-0.2, -0.15) is 13.5 Å². The van der Waals surface area contributed by atoms with Gasteiger partial charge < -0.3 is 0 Å². The number of hydrogen-bond donors (Lipinski definition) is 1. The SMILES string of the molecule is C=C1CC1/C(Cc1ccccc1)=N\NS(=O)(=O)c1ccc(C)cc1. The Labute approximate surface area is 143 Å². The summed E-state index contributed by atoms with van der Waals surface area (Å²) in [4.78, 5) is 2.59. The first-order valence-electron chi connectivity index (χ1n) is 7.82. The predicted molar refractivity (Wildman–Crippen MR) is 96.3 cm³/mol. The first kappa shape index (κ1) is 16.5. The molecule has 0 amide bonds. The summed E-state index contributed by atoms with van der Waals surface area (Å²) in [6, 6.07) is 16.6. The second kappa shape index (κ2) is 6.61. The van der Waals surface area contributed by atoms with Crippen molar-refractivity contribution in [3.05, 3.63) is 77.9 Å². The minimum Gasteiger partial charge on any atom is -0.200 e. The van der Waals surface area contributed by atoms with Gasteiger partial charge in [0, 0.05) is 12.3 Å². The predicted octanol–water partition coefficient (Wildman–Crippen LogP) is 3.45. The van der Waals surface area contributed by atoms with Crippen LogP contribution >= 0.6 is 0 Å². The molecule has 0 spiro atoms. The van der Waals surface area contributed by atoms with E-state index < -0.39 is 10.0 Å². The molecule has 124 valence electrons. The Morgan fingerprint density at radius 1 is 1.17 bits per heavy atom. The summed E-state index contributed by atoms with van der Waals surface area (Å²) < 4.78 is 24.8. The molecule has 24 heavy (non-hydrogen) atoms. The van der Waals surface area contributed by atoms with E-state index in [0.29, 0.717) is 6.42 Å². The average Bonchev–Trinajstić information content (AvgIpc) is 3.29. The lowest BCUT2D eigenvalue weighted by Crippen LogP contribution is -2.21. The topological polar surface area (TPSA) is 58.5 Å². The van der Waals surface area contributed by atoms with E-state index in [0.717, 1.165) is 28.8 Å². The molecule has 1 N–H and O–H groups in total. The zero-order valence-corrected chi connectivity index (χ0v) is 14.4. The van der Waals surface area contributed by atoms with Crippen molar-refractivity contribution in [1.82, 2.24) is 4.83 Å². The lowest BCUT2D eigenvalue weighted by molar-refractivity contribution is 0.584. The highest BCUT2D eigenvalue weighted by Gasteiger charge is 2.33. The molecule has 3 rings (SSSR count). The van der Waals surface area contributed by atoms with E-state index in [9.17, 15) is 8.42 Å². The van der Waals surface area contributed by atoms with Crippen LogP contribution in [0, 0.1) is 12.8 Å². The summed E-state index contributed by atoms with van der Waals surface area (Å²) in [5.74, 6) is 0.172. The van der Waals surface area contributed by atoms with Crippen molar-refractivity contribution in [2.45, 2.75) is 24.7 Å². The second-order valence-corrected chi connectivity index (χ2v) is 7.75. The van der Waals surface area contributed by atoms with E-state index in [-0.39, 0.29) is 10.8 Å². The molecule has 0 heterocycles. The molecule has 1 saturated carbocycles. The molecule has 1 aliphatic carbocycles. The van der Waals surface area contributed by atoms with Crippen LogP contribution in [0.4, 0.5) is 0 Å². The Hall–Kier alpha value is -2.40. The molecule has 0 bridgehead atoms. The molecule has 5 heteroatoms. The van der Waals surface area contributed by atoms with Gasteiger partial charge in [0.25, 0.3) is 10.0 Å². The van der Waals surface area contributed by atoms with Gasteiger partial charge in [0.2, 0.25) is 0 Å². The van der Waals surface area contributed by atoms with E-state index >= 15 is 0 Å². The van der Waals surface area contributed by atoms with Crippen LogP contribution in [0.15, 0.2) is 76.7 Å². The summed E-state index contributed by atoms with van der Waals surface area (Å²) in [6.45, 7) is 5.88. The fraction of sp³-hybridized carbons (Fsp3) is 0.211. The third-order valence-corrected chi connectivity index (χ3v) is 5.29. The van der Waals surface area contributed by atoms with E-state index in [1.54, 1.807) is 24.3 Å². The Balaban J connectivity index is 1.80. The van der Waals surface area contributed by atoms with Crippen molar-refractivity contribution in [2.24, 2.45) is 11.0 Å². The van der Waals surface area contributed by atoms with Crippen molar-refractivity contribution in [2.75, 3.05) is 0 Å². The lowest BCUT2D eigenvalue weighted by atomic mass is 10.1. The quantitative estimate of drug-likeness (QED) is 0.497. The van der Waals surface area contributed by atoms with Crippen LogP contribution in [0.25, 0.3) is 0 Å². The van der Waals surface area contributed by atoms with E-state index in [4.69, 9.17) is 0 Å². The minimum atomic E-state index is -3.65. The van der Waals surface area contributed by atoms with Gasteiger partial charge >= 0.3 is 0 Å². The highest BCUT2D eigenvalue weighted by Crippen LogP contribution is 2.38. The van der Waals surface area contributed by atoms with Crippen molar-refractivity contribution < 1.29 is 8.42 Å². The zero-order chi connectivity index (χ0) is 17.2. The summed E-state index contributed by atoms with van der Waals surface area (Å²) in [5.41, 5.74) is 4.02. The van der Waals surface area contributed by atoms with Gasteiger partial charge in [-0.3, -0.25) is 0 Å². The molecule has 1 fully saturated rings. The molecule has 0 saturated heterocycles. The molecule has 2 aromatic rings. The molecular weight excluding hydrogens is 320 g/mol. The normalized spacial score (nSPS) is 17.6. The summed E-state index contributed by atoms with van der Waals surface area (Å²) in [7, 11) is -3.65. The van der Waals surface area contributed by atoms with Crippen molar-refractivity contribution >= 4 is 15.7 Å². The van der Waals surface area contributed by atoms with Gasteiger partial charge in [-0.15, -0.1) is 0 Å². The van der Waals surface area contributed by atoms with Gasteiger partial charge in [0.05, 0.1) is 10.6 Å². The Morgan fingerprint density at radius 3 is 2.38 bits per heavy atom. The summed E-state index contributed by atoms with van der Waals surface area (Å²) >= 11 is 0. The molecule has 0 radical (unpaired) electrons. The van der Waals surface area contributed by atoms with E-state index in [2.05, 4.69) is 16.5 Å². The van der Waals surface area contributed by atoms with E-state index in [1.165, 1.54) is 0 Å². The minimum absolute atomic E-state index is 0.172. The number of aryl methyl sites for hydroxylation is 1. The number of benzene rings is 2. The molecular formula is C19H20N2O2S. The van der Waals surface area contributed by atoms with Gasteiger partial charge in [0.1, 0.15) is 0 Å². The van der Waals surface area contributed by atoms with Crippen molar-refractivity contribution in [1.29, 1.82) is 0 Å². The van der Waals surface area contributed by atoms with Crippen LogP contribution in [-0.2, 0) is 16.4 Å². The van der Waals surface area contributed by atoms with Crippen LogP contribution in [0.1, 0.15) is 17.5 Å². The highest BCUT2D eigenvalue weighted by atomic mass is 32.2. The van der Waals surface area contributed by atoms with Crippen LogP contribution in [0.5, 0.6) is 0 Å². The third-order valence-electron chi connectivity index (χ3n) is 4.07. The van der Waals surface area contributed by atoms with Crippen molar-refractivity contribution in [3.63, 3.8) is 0 Å². The van der Waals surface area contributed by atoms with Gasteiger partial charge in [0.15, 0.2) is 0 Å². The average molecular weight is 340 g/mol. The Bertz CT molecular complexity index is 869. The van der Waals surface area contributed by atoms with Gasteiger partial charge in [-0.1, -0.05) is 60.2 Å². The summed E-state index contributed by atoms with van der Waals surface area (Å²) in [5, 5.41) is 4.22. The molecule has 1 unspecified atom stereocenters. The number of rotatable bonds is 6. The maximum absolute atomic E-state index is 12.4. The van der Waals surface area contributed by atoms with Crippen molar-refractivity contribution in [3.8, 4) is 0 Å². The number of hydrogen-bond acceptors (Lipinski definition) is 3. The highest BCUT2D eigenvalue weighted by molar-refractivity contribution is 7.89. The first-order chi connectivity index (χ1) is 11.5. The maximum atomic E-state index is 12.4. The standard InChI is InChI=1S/C19H20N2O2S/c1-14-8-10-17(11-9-14)24(22,23)21-20-19(18-12-15(18)2)13-16-6-4-3-5-7-16/h3-11,18,21H,2,12-13H2,1H3/b20-19-. The number of nitrogens with one attached hydrogen (secondary N) is 1. The van der Waals surface area contributed by atoms with Crippen LogP contribution in [0.3, 0.4) is 0 Å². The fourth-order valence-corrected chi connectivity index (χ4v) is 3.33. The largest absolute Gasteiger partial charge is 0.276 e. The molecule has 0 aliphatic heterocycles. The number of nitrogens with zero attached hydrogens (tertiary/aromatic N) is 1. The third kappa shape index (κ3) is 3.92. The van der Waals surface area contributed by atoms with Gasteiger partial charge in [-0.05, 0) is 31.0 Å². The number of allylic oxidation sites excluding steroid dienone is 1. The summed E-state index contributed by atoms with van der Waals surface area (Å²) in [6.07, 6.45) is 1.48. The molecule has 4 nitrogen and oxygen atoms in total. The zero-order valence-electron chi connectivity index (χ0n) is 13.6. The molecule has 2 aromatic carbocycles. The Morgan fingerprint density at radius 2 is 1.79 bits per heavy atom. The van der Waals surface area contributed by atoms with Crippen LogP contribution < -0.4 is 4.83 Å². The number of sulfonamides is 1. The van der Waals surface area contributed by atoms with Gasteiger partial charge in [-0.25, -0.2) is 4.83 Å². The number of hydrazone groups is 1. The monoisotopic (exact) mass is 340 g/mol. The molecule has 1 atom stereocenters. The molecule has 1 aliphatic rings. The molecule has 0 aromatic heterocycles. The smallest absolute Gasteiger partial charge is 0.200 e. The second-order valence-electron chi connectivity index (χ2n) is 6.09. The maximum Gasteiger partial charge on any atom is 0.276 e. The van der Waals surface area contributed by atoms with Crippen LogP contribution in [0.2, 0.25) is 0 Å². The van der Waals surface area contributed by atoms with Crippen LogP contribution in [-0.4, -0.2) is 14.1 Å². The lowest BCUT2D eigenvalue weighted by Gasteiger charge is -2.08. The fourth-order valence-electron chi connectivity index (χ4n) is 2.49. The first-order valence-corrected chi connectivity index (χ1v) is 9.30. The van der Waals surface area contributed by atoms with E-state index in [1.807, 2.05) is 37.3 Å².